The Morgan fingerprint density at radius 2 is 1.78 bits per heavy atom. The zero-order valence-electron chi connectivity index (χ0n) is 14.7. The van der Waals surface area contributed by atoms with Crippen molar-refractivity contribution >= 4 is 40.9 Å². The third kappa shape index (κ3) is 4.89. The smallest absolute Gasteiger partial charge is 0.337 e. The molecule has 1 aromatic heterocycles. The predicted molar refractivity (Wildman–Crippen MR) is 114 cm³/mol. The fraction of sp³-hybridized carbons (Fsp3) is 0.190. The molecule has 0 aliphatic rings. The average molecular weight is 420 g/mol. The highest BCUT2D eigenvalue weighted by atomic mass is 35.5. The molecular formula is C21H19Cl2NO2S. The molecule has 0 fully saturated rings. The Bertz CT molecular complexity index is 920. The van der Waals surface area contributed by atoms with Crippen LogP contribution in [-0.2, 0) is 12.2 Å². The molecule has 1 heterocycles. The van der Waals surface area contributed by atoms with Crippen LogP contribution in [-0.4, -0.2) is 21.3 Å². The van der Waals surface area contributed by atoms with E-state index in [4.69, 9.17) is 23.2 Å². The molecule has 6 heteroatoms. The Kier molecular flexibility index (Phi) is 6.53. The highest BCUT2D eigenvalue weighted by molar-refractivity contribution is 7.99. The molecule has 0 unspecified atom stereocenters. The SMILES string of the molecule is C[C@H](Cc1[nH]c(-c2ccccc2)cc1C(=O)O)SCc1c(Cl)cccc1Cl. The minimum absolute atomic E-state index is 0.192. The Morgan fingerprint density at radius 3 is 2.41 bits per heavy atom. The number of aromatic carboxylic acids is 1. The molecule has 1 atom stereocenters. The third-order valence-corrected chi connectivity index (χ3v) is 6.18. The number of carboxylic acid groups (broad SMARTS) is 1. The fourth-order valence-electron chi connectivity index (χ4n) is 2.86. The summed E-state index contributed by atoms with van der Waals surface area (Å²) in [4.78, 5) is 14.9. The minimum Gasteiger partial charge on any atom is -0.478 e. The topological polar surface area (TPSA) is 53.1 Å². The number of halogens is 2. The van der Waals surface area contributed by atoms with Crippen LogP contribution in [0.15, 0.2) is 54.6 Å². The molecule has 0 aliphatic heterocycles. The quantitative estimate of drug-likeness (QED) is 0.456. The average Bonchev–Trinajstić information content (AvgIpc) is 3.06. The summed E-state index contributed by atoms with van der Waals surface area (Å²) in [7, 11) is 0. The van der Waals surface area contributed by atoms with Crippen molar-refractivity contribution in [2.45, 2.75) is 24.3 Å². The summed E-state index contributed by atoms with van der Waals surface area (Å²) >= 11 is 14.2. The summed E-state index contributed by atoms with van der Waals surface area (Å²) in [6.45, 7) is 2.07. The van der Waals surface area contributed by atoms with Crippen molar-refractivity contribution in [1.29, 1.82) is 0 Å². The molecule has 0 radical (unpaired) electrons. The molecule has 3 nitrogen and oxygen atoms in total. The van der Waals surface area contributed by atoms with Crippen LogP contribution in [0, 0.1) is 0 Å². The summed E-state index contributed by atoms with van der Waals surface area (Å²) in [5.41, 5.74) is 3.74. The highest BCUT2D eigenvalue weighted by Crippen LogP contribution is 2.31. The number of benzene rings is 2. The van der Waals surface area contributed by atoms with Crippen LogP contribution in [0.2, 0.25) is 10.0 Å². The van der Waals surface area contributed by atoms with Crippen molar-refractivity contribution in [3.63, 3.8) is 0 Å². The standard InChI is InChI=1S/C21H19Cl2NO2S/c1-13(27-12-16-17(22)8-5-9-18(16)23)10-20-15(21(25)26)11-19(24-20)14-6-3-2-4-7-14/h2-9,11,13,24H,10,12H2,1H3,(H,25,26)/t13-/m1/s1. The van der Waals surface area contributed by atoms with E-state index < -0.39 is 5.97 Å². The lowest BCUT2D eigenvalue weighted by Crippen LogP contribution is -2.07. The van der Waals surface area contributed by atoms with Crippen LogP contribution < -0.4 is 0 Å². The van der Waals surface area contributed by atoms with E-state index >= 15 is 0 Å². The van der Waals surface area contributed by atoms with Gasteiger partial charge in [-0.05, 0) is 35.7 Å². The van der Waals surface area contributed by atoms with E-state index in [0.29, 0.717) is 27.8 Å². The molecule has 140 valence electrons. The van der Waals surface area contributed by atoms with Crippen LogP contribution in [0.25, 0.3) is 11.3 Å². The zero-order valence-corrected chi connectivity index (χ0v) is 17.0. The van der Waals surface area contributed by atoms with E-state index in [1.54, 1.807) is 17.8 Å². The zero-order chi connectivity index (χ0) is 19.4. The van der Waals surface area contributed by atoms with Gasteiger partial charge in [0, 0.05) is 32.4 Å². The lowest BCUT2D eigenvalue weighted by molar-refractivity contribution is 0.0696. The molecule has 0 amide bonds. The van der Waals surface area contributed by atoms with Gasteiger partial charge in [-0.15, -0.1) is 0 Å². The normalized spacial score (nSPS) is 12.1. The van der Waals surface area contributed by atoms with Gasteiger partial charge in [-0.3, -0.25) is 0 Å². The maximum atomic E-state index is 11.7. The summed E-state index contributed by atoms with van der Waals surface area (Å²) in [5, 5.41) is 11.1. The molecule has 0 saturated heterocycles. The summed E-state index contributed by atoms with van der Waals surface area (Å²) in [6.07, 6.45) is 0.612. The molecule has 3 rings (SSSR count). The predicted octanol–water partition coefficient (Wildman–Crippen LogP) is 6.55. The second-order valence-electron chi connectivity index (χ2n) is 6.27. The number of carbonyl (C=O) groups is 1. The maximum absolute atomic E-state index is 11.7. The number of nitrogens with one attached hydrogen (secondary N) is 1. The van der Waals surface area contributed by atoms with Gasteiger partial charge in [0.05, 0.1) is 5.56 Å². The van der Waals surface area contributed by atoms with Gasteiger partial charge in [0.2, 0.25) is 0 Å². The molecule has 0 aliphatic carbocycles. The van der Waals surface area contributed by atoms with Crippen LogP contribution in [0.4, 0.5) is 0 Å². The highest BCUT2D eigenvalue weighted by Gasteiger charge is 2.18. The van der Waals surface area contributed by atoms with Crippen LogP contribution >= 0.6 is 35.0 Å². The van der Waals surface area contributed by atoms with Gasteiger partial charge >= 0.3 is 5.97 Å². The fourth-order valence-corrected chi connectivity index (χ4v) is 4.60. The van der Waals surface area contributed by atoms with Crippen LogP contribution in [0.1, 0.15) is 28.5 Å². The van der Waals surface area contributed by atoms with Gasteiger partial charge in [0.1, 0.15) is 0 Å². The second-order valence-corrected chi connectivity index (χ2v) is 8.51. The molecular weight excluding hydrogens is 401 g/mol. The van der Waals surface area contributed by atoms with Gasteiger partial charge < -0.3 is 10.1 Å². The number of hydrogen-bond acceptors (Lipinski definition) is 2. The Labute approximate surface area is 172 Å². The Hall–Kier alpha value is -1.88. The monoisotopic (exact) mass is 419 g/mol. The van der Waals surface area contributed by atoms with Crippen molar-refractivity contribution in [2.24, 2.45) is 0 Å². The molecule has 2 N–H and O–H groups in total. The lowest BCUT2D eigenvalue weighted by Gasteiger charge is -2.13. The van der Waals surface area contributed by atoms with Gasteiger partial charge in [0.15, 0.2) is 0 Å². The number of aromatic nitrogens is 1. The Morgan fingerprint density at radius 1 is 1.11 bits per heavy atom. The number of H-pyrrole nitrogens is 1. The first kappa shape index (κ1) is 19.9. The maximum Gasteiger partial charge on any atom is 0.337 e. The van der Waals surface area contributed by atoms with E-state index in [1.807, 2.05) is 48.5 Å². The first-order valence-electron chi connectivity index (χ1n) is 8.50. The first-order chi connectivity index (χ1) is 13.0. The summed E-state index contributed by atoms with van der Waals surface area (Å²) in [5.74, 6) is -0.247. The second kappa shape index (κ2) is 8.87. The molecule has 0 saturated carbocycles. The van der Waals surface area contributed by atoms with Crippen molar-refractivity contribution in [3.05, 3.63) is 81.5 Å². The van der Waals surface area contributed by atoms with E-state index in [-0.39, 0.29) is 5.25 Å². The van der Waals surface area contributed by atoms with Crippen LogP contribution in [0.5, 0.6) is 0 Å². The molecule has 2 aromatic carbocycles. The van der Waals surface area contributed by atoms with Gasteiger partial charge in [0.25, 0.3) is 0 Å². The van der Waals surface area contributed by atoms with Crippen LogP contribution in [0.3, 0.4) is 0 Å². The Balaban J connectivity index is 1.74. The lowest BCUT2D eigenvalue weighted by atomic mass is 10.1. The third-order valence-electron chi connectivity index (χ3n) is 4.28. The summed E-state index contributed by atoms with van der Waals surface area (Å²) in [6, 6.07) is 16.9. The molecule has 27 heavy (non-hydrogen) atoms. The van der Waals surface area contributed by atoms with Gasteiger partial charge in [-0.25, -0.2) is 4.79 Å². The largest absolute Gasteiger partial charge is 0.478 e. The number of aromatic amines is 1. The minimum atomic E-state index is -0.922. The van der Waals surface area contributed by atoms with Gasteiger partial charge in [-0.1, -0.05) is 66.5 Å². The number of hydrogen-bond donors (Lipinski definition) is 2. The van der Waals surface area contributed by atoms with E-state index in [9.17, 15) is 9.90 Å². The summed E-state index contributed by atoms with van der Waals surface area (Å²) < 4.78 is 0. The first-order valence-corrected chi connectivity index (χ1v) is 10.3. The number of rotatable bonds is 7. The molecule has 0 spiro atoms. The van der Waals surface area contributed by atoms with E-state index in [1.165, 1.54) is 0 Å². The van der Waals surface area contributed by atoms with Crippen molar-refractivity contribution < 1.29 is 9.90 Å². The van der Waals surface area contributed by atoms with E-state index in [2.05, 4.69) is 11.9 Å². The van der Waals surface area contributed by atoms with Crippen molar-refractivity contribution in [3.8, 4) is 11.3 Å². The van der Waals surface area contributed by atoms with Gasteiger partial charge in [-0.2, -0.15) is 11.8 Å². The van der Waals surface area contributed by atoms with E-state index in [0.717, 1.165) is 22.5 Å². The number of thioether (sulfide) groups is 1. The molecule has 0 bridgehead atoms. The van der Waals surface area contributed by atoms with Crippen molar-refractivity contribution in [1.82, 2.24) is 4.98 Å². The number of carboxylic acids is 1. The van der Waals surface area contributed by atoms with Crippen molar-refractivity contribution in [2.75, 3.05) is 0 Å². The molecule has 3 aromatic rings.